The summed E-state index contributed by atoms with van der Waals surface area (Å²) in [4.78, 5) is 26.2. The Balaban J connectivity index is 1.90. The lowest BCUT2D eigenvalue weighted by Gasteiger charge is -2.11. The highest BCUT2D eigenvalue weighted by atomic mass is 32.1. The van der Waals surface area contributed by atoms with Gasteiger partial charge in [0, 0.05) is 9.75 Å². The van der Waals surface area contributed by atoms with Crippen LogP contribution >= 0.6 is 22.7 Å². The first-order chi connectivity index (χ1) is 11.6. The minimum atomic E-state index is -0.537. The van der Waals surface area contributed by atoms with Gasteiger partial charge in [0.1, 0.15) is 16.6 Å². The average Bonchev–Trinajstić information content (AvgIpc) is 3.19. The number of nitrogens with two attached hydrogens (primary N) is 1. The van der Waals surface area contributed by atoms with Crippen molar-refractivity contribution < 1.29 is 9.59 Å². The minimum absolute atomic E-state index is 0.000702. The summed E-state index contributed by atoms with van der Waals surface area (Å²) in [6, 6.07) is 5.59. The van der Waals surface area contributed by atoms with E-state index in [2.05, 4.69) is 5.32 Å². The van der Waals surface area contributed by atoms with E-state index in [1.807, 2.05) is 23.6 Å². The quantitative estimate of drug-likeness (QED) is 0.649. The molecule has 1 aliphatic carbocycles. The maximum atomic E-state index is 12.4. The monoisotopic (exact) mass is 357 g/mol. The van der Waals surface area contributed by atoms with Crippen molar-refractivity contribution in [2.75, 3.05) is 5.32 Å². The predicted octanol–water partition coefficient (Wildman–Crippen LogP) is 3.33. The van der Waals surface area contributed by atoms with Crippen LogP contribution in [0.4, 0.5) is 5.00 Å². The molecule has 2 aromatic rings. The molecule has 5 nitrogen and oxygen atoms in total. The van der Waals surface area contributed by atoms with Crippen molar-refractivity contribution >= 4 is 45.6 Å². The number of thiophene rings is 2. The van der Waals surface area contributed by atoms with E-state index in [0.29, 0.717) is 10.6 Å². The van der Waals surface area contributed by atoms with Crippen LogP contribution in [0.25, 0.3) is 6.08 Å². The summed E-state index contributed by atoms with van der Waals surface area (Å²) in [6.45, 7) is 0. The zero-order chi connectivity index (χ0) is 17.1. The number of anilines is 1. The molecular formula is C17H15N3O2S2. The molecule has 0 aromatic carbocycles. The molecule has 2 heterocycles. The number of nitrogens with zero attached hydrogens (tertiary/aromatic N) is 1. The number of rotatable bonds is 4. The highest BCUT2D eigenvalue weighted by molar-refractivity contribution is 7.17. The largest absolute Gasteiger partial charge is 0.365 e. The Morgan fingerprint density at radius 3 is 2.79 bits per heavy atom. The SMILES string of the molecule is N#C/C(=C\c1cccs1)C(=O)Nc1sc2c(c1C(N)=O)CCCC2. The van der Waals surface area contributed by atoms with E-state index in [-0.39, 0.29) is 5.57 Å². The number of aryl methyl sites for hydroxylation is 1. The van der Waals surface area contributed by atoms with Crippen LogP contribution in [0, 0.1) is 11.3 Å². The zero-order valence-corrected chi connectivity index (χ0v) is 14.4. The average molecular weight is 357 g/mol. The third-order valence-electron chi connectivity index (χ3n) is 3.84. The van der Waals surface area contributed by atoms with Gasteiger partial charge in [0.2, 0.25) is 0 Å². The lowest BCUT2D eigenvalue weighted by molar-refractivity contribution is -0.112. The summed E-state index contributed by atoms with van der Waals surface area (Å²) < 4.78 is 0. The van der Waals surface area contributed by atoms with Gasteiger partial charge in [0.25, 0.3) is 11.8 Å². The number of hydrogen-bond acceptors (Lipinski definition) is 5. The molecule has 7 heteroatoms. The predicted molar refractivity (Wildman–Crippen MR) is 96.0 cm³/mol. The van der Waals surface area contributed by atoms with Crippen molar-refractivity contribution in [2.45, 2.75) is 25.7 Å². The molecule has 0 radical (unpaired) electrons. The Labute approximate surface area is 147 Å². The third-order valence-corrected chi connectivity index (χ3v) is 5.87. The van der Waals surface area contributed by atoms with Crippen molar-refractivity contribution in [3.63, 3.8) is 0 Å². The molecule has 0 aliphatic heterocycles. The maximum absolute atomic E-state index is 12.4. The Bertz CT molecular complexity index is 857. The summed E-state index contributed by atoms with van der Waals surface area (Å²) in [5.41, 5.74) is 6.87. The smallest absolute Gasteiger partial charge is 0.266 e. The molecular weight excluding hydrogens is 342 g/mol. The van der Waals surface area contributed by atoms with Crippen molar-refractivity contribution in [1.82, 2.24) is 0 Å². The highest BCUT2D eigenvalue weighted by Gasteiger charge is 2.25. The third kappa shape index (κ3) is 3.25. The summed E-state index contributed by atoms with van der Waals surface area (Å²) in [6.07, 6.45) is 5.32. The number of carbonyl (C=O) groups is 2. The molecule has 0 saturated heterocycles. The first kappa shape index (κ1) is 16.4. The van der Waals surface area contributed by atoms with E-state index >= 15 is 0 Å². The molecule has 2 amide bonds. The van der Waals surface area contributed by atoms with Crippen LogP contribution in [0.15, 0.2) is 23.1 Å². The zero-order valence-electron chi connectivity index (χ0n) is 12.8. The second kappa shape index (κ2) is 6.99. The molecule has 0 spiro atoms. The molecule has 24 heavy (non-hydrogen) atoms. The van der Waals surface area contributed by atoms with Crippen LogP contribution in [0.5, 0.6) is 0 Å². The van der Waals surface area contributed by atoms with E-state index in [1.165, 1.54) is 28.7 Å². The maximum Gasteiger partial charge on any atom is 0.266 e. The fraction of sp³-hybridized carbons (Fsp3) is 0.235. The van der Waals surface area contributed by atoms with Gasteiger partial charge >= 0.3 is 0 Å². The molecule has 3 N–H and O–H groups in total. The van der Waals surface area contributed by atoms with Crippen molar-refractivity contribution in [3.05, 3.63) is 44.0 Å². The van der Waals surface area contributed by atoms with E-state index in [0.717, 1.165) is 41.0 Å². The molecule has 0 unspecified atom stereocenters. The Morgan fingerprint density at radius 1 is 1.33 bits per heavy atom. The number of carbonyl (C=O) groups excluding carboxylic acids is 2. The van der Waals surface area contributed by atoms with Gasteiger partial charge in [-0.3, -0.25) is 9.59 Å². The second-order valence-electron chi connectivity index (χ2n) is 5.42. The van der Waals surface area contributed by atoms with E-state index in [4.69, 9.17) is 5.73 Å². The van der Waals surface area contributed by atoms with Gasteiger partial charge in [-0.15, -0.1) is 22.7 Å². The first-order valence-corrected chi connectivity index (χ1v) is 9.20. The van der Waals surface area contributed by atoms with Gasteiger partial charge in [-0.25, -0.2) is 0 Å². The second-order valence-corrected chi connectivity index (χ2v) is 7.50. The van der Waals surface area contributed by atoms with Crippen LogP contribution in [0.2, 0.25) is 0 Å². The van der Waals surface area contributed by atoms with Gasteiger partial charge in [0.05, 0.1) is 5.56 Å². The summed E-state index contributed by atoms with van der Waals surface area (Å²) in [5.74, 6) is -1.06. The standard InChI is InChI=1S/C17H15N3O2S2/c18-9-10(8-11-4-3-7-23-11)16(22)20-17-14(15(19)21)12-5-1-2-6-13(12)24-17/h3-4,7-8H,1-2,5-6H2,(H2,19,21)(H,20,22)/b10-8+. The topological polar surface area (TPSA) is 96.0 Å². The Kier molecular flexibility index (Phi) is 4.79. The van der Waals surface area contributed by atoms with Gasteiger partial charge in [-0.05, 0) is 48.8 Å². The summed E-state index contributed by atoms with van der Waals surface area (Å²) in [7, 11) is 0. The number of primary amides is 1. The Hall–Kier alpha value is -2.43. The van der Waals surface area contributed by atoms with Crippen LogP contribution in [-0.2, 0) is 17.6 Å². The van der Waals surface area contributed by atoms with Crippen molar-refractivity contribution in [2.24, 2.45) is 5.73 Å². The molecule has 0 fully saturated rings. The van der Waals surface area contributed by atoms with Gasteiger partial charge in [-0.2, -0.15) is 5.26 Å². The molecule has 3 rings (SSSR count). The molecule has 0 bridgehead atoms. The fourth-order valence-electron chi connectivity index (χ4n) is 2.75. The van der Waals surface area contributed by atoms with E-state index < -0.39 is 11.8 Å². The molecule has 1 aliphatic rings. The van der Waals surface area contributed by atoms with Gasteiger partial charge in [0.15, 0.2) is 0 Å². The fourth-order valence-corrected chi connectivity index (χ4v) is 4.70. The molecule has 0 atom stereocenters. The van der Waals surface area contributed by atoms with Crippen LogP contribution in [0.3, 0.4) is 0 Å². The number of fused-ring (bicyclic) bond motifs is 1. The first-order valence-electron chi connectivity index (χ1n) is 7.51. The number of nitriles is 1. The van der Waals surface area contributed by atoms with Gasteiger partial charge < -0.3 is 11.1 Å². The van der Waals surface area contributed by atoms with E-state index in [1.54, 1.807) is 0 Å². The van der Waals surface area contributed by atoms with Crippen molar-refractivity contribution in [3.8, 4) is 6.07 Å². The van der Waals surface area contributed by atoms with Crippen LogP contribution in [-0.4, -0.2) is 11.8 Å². The molecule has 0 saturated carbocycles. The van der Waals surface area contributed by atoms with Crippen molar-refractivity contribution in [1.29, 1.82) is 5.26 Å². The Morgan fingerprint density at radius 2 is 2.12 bits per heavy atom. The minimum Gasteiger partial charge on any atom is -0.365 e. The molecule has 2 aromatic heterocycles. The lowest BCUT2D eigenvalue weighted by Crippen LogP contribution is -2.19. The normalized spacial score (nSPS) is 13.9. The number of amides is 2. The summed E-state index contributed by atoms with van der Waals surface area (Å²) in [5, 5.41) is 14.3. The lowest BCUT2D eigenvalue weighted by atomic mass is 9.95. The number of hydrogen-bond donors (Lipinski definition) is 2. The highest BCUT2D eigenvalue weighted by Crippen LogP contribution is 2.38. The number of nitrogens with one attached hydrogen (secondary N) is 1. The van der Waals surface area contributed by atoms with Crippen LogP contribution in [0.1, 0.15) is 38.5 Å². The van der Waals surface area contributed by atoms with E-state index in [9.17, 15) is 14.9 Å². The summed E-state index contributed by atoms with van der Waals surface area (Å²) >= 11 is 2.83. The van der Waals surface area contributed by atoms with Gasteiger partial charge in [-0.1, -0.05) is 6.07 Å². The van der Waals surface area contributed by atoms with Crippen LogP contribution < -0.4 is 11.1 Å². The molecule has 122 valence electrons.